The maximum absolute atomic E-state index is 13.1. The van der Waals surface area contributed by atoms with Crippen LogP contribution in [0, 0.1) is 5.82 Å². The molecule has 0 saturated carbocycles. The molecule has 0 aliphatic heterocycles. The van der Waals surface area contributed by atoms with Gasteiger partial charge >= 0.3 is 0 Å². The lowest BCUT2D eigenvalue weighted by atomic mass is 9.92. The van der Waals surface area contributed by atoms with E-state index in [4.69, 9.17) is 0 Å². The van der Waals surface area contributed by atoms with Crippen molar-refractivity contribution in [3.8, 4) is 22.3 Å². The van der Waals surface area contributed by atoms with E-state index in [0.29, 0.717) is 5.56 Å². The average molecular weight is 276 g/mol. The fraction of sp³-hybridized carbons (Fsp3) is 0. The minimum absolute atomic E-state index is 0.286. The molecule has 102 valence electrons. The molecule has 3 aromatic rings. The number of aldehydes is 1. The molecule has 0 aliphatic carbocycles. The van der Waals surface area contributed by atoms with E-state index in [1.165, 1.54) is 12.1 Å². The summed E-state index contributed by atoms with van der Waals surface area (Å²) in [6, 6.07) is 21.6. The number of carbonyl (C=O) groups excluding carboxylic acids is 1. The highest BCUT2D eigenvalue weighted by molar-refractivity contribution is 5.96. The molecule has 21 heavy (non-hydrogen) atoms. The quantitative estimate of drug-likeness (QED) is 0.617. The highest BCUT2D eigenvalue weighted by Gasteiger charge is 2.10. The van der Waals surface area contributed by atoms with Crippen molar-refractivity contribution >= 4 is 6.29 Å². The lowest BCUT2D eigenvalue weighted by molar-refractivity contribution is 0.112. The zero-order valence-corrected chi connectivity index (χ0v) is 11.3. The minimum atomic E-state index is -0.286. The summed E-state index contributed by atoms with van der Waals surface area (Å²) >= 11 is 0. The molecule has 0 unspecified atom stereocenters. The average Bonchev–Trinajstić information content (AvgIpc) is 2.55. The largest absolute Gasteiger partial charge is 0.298 e. The molecule has 3 aromatic carbocycles. The van der Waals surface area contributed by atoms with Gasteiger partial charge in [-0.05, 0) is 34.4 Å². The molecule has 0 radical (unpaired) electrons. The van der Waals surface area contributed by atoms with Gasteiger partial charge in [-0.3, -0.25) is 4.79 Å². The van der Waals surface area contributed by atoms with Crippen molar-refractivity contribution < 1.29 is 9.18 Å². The topological polar surface area (TPSA) is 17.1 Å². The van der Waals surface area contributed by atoms with Crippen LogP contribution >= 0.6 is 0 Å². The molecule has 2 heteroatoms. The first-order valence-electron chi connectivity index (χ1n) is 6.69. The predicted molar refractivity (Wildman–Crippen MR) is 82.7 cm³/mol. The van der Waals surface area contributed by atoms with Crippen LogP contribution in [0.1, 0.15) is 10.4 Å². The van der Waals surface area contributed by atoms with Crippen LogP contribution in [0.3, 0.4) is 0 Å². The standard InChI is InChI=1S/C19H13FO/c20-16-11-9-15(10-12-16)18-8-4-7-17(19(18)13-21)14-5-2-1-3-6-14/h1-13H. The summed E-state index contributed by atoms with van der Waals surface area (Å²) in [6.45, 7) is 0. The Balaban J connectivity index is 2.19. The number of rotatable bonds is 3. The van der Waals surface area contributed by atoms with Crippen LogP contribution in [-0.2, 0) is 0 Å². The Morgan fingerprint density at radius 3 is 1.81 bits per heavy atom. The number of carbonyl (C=O) groups is 1. The van der Waals surface area contributed by atoms with Crippen LogP contribution in [0.5, 0.6) is 0 Å². The Bertz CT molecular complexity index is 761. The Morgan fingerprint density at radius 1 is 0.667 bits per heavy atom. The molecular weight excluding hydrogens is 263 g/mol. The fourth-order valence-corrected chi connectivity index (χ4v) is 2.44. The van der Waals surface area contributed by atoms with Crippen LogP contribution in [0.25, 0.3) is 22.3 Å². The summed E-state index contributed by atoms with van der Waals surface area (Å²) in [4.78, 5) is 11.6. The third-order valence-corrected chi connectivity index (χ3v) is 3.46. The lowest BCUT2D eigenvalue weighted by Gasteiger charge is -2.11. The van der Waals surface area contributed by atoms with Crippen molar-refractivity contribution in [1.82, 2.24) is 0 Å². The SMILES string of the molecule is O=Cc1c(-c2ccccc2)cccc1-c1ccc(F)cc1. The van der Waals surface area contributed by atoms with E-state index in [2.05, 4.69) is 0 Å². The van der Waals surface area contributed by atoms with Gasteiger partial charge < -0.3 is 0 Å². The first kappa shape index (κ1) is 13.3. The molecule has 0 atom stereocenters. The Hall–Kier alpha value is -2.74. The summed E-state index contributed by atoms with van der Waals surface area (Å²) < 4.78 is 13.1. The summed E-state index contributed by atoms with van der Waals surface area (Å²) in [6.07, 6.45) is 0.862. The van der Waals surface area contributed by atoms with Crippen molar-refractivity contribution in [3.05, 3.63) is 84.2 Å². The monoisotopic (exact) mass is 276 g/mol. The normalized spacial score (nSPS) is 10.3. The third kappa shape index (κ3) is 2.61. The molecule has 0 amide bonds. The van der Waals surface area contributed by atoms with E-state index >= 15 is 0 Å². The van der Waals surface area contributed by atoms with Crippen LogP contribution in [0.4, 0.5) is 4.39 Å². The van der Waals surface area contributed by atoms with Crippen molar-refractivity contribution in [1.29, 1.82) is 0 Å². The zero-order chi connectivity index (χ0) is 14.7. The zero-order valence-electron chi connectivity index (χ0n) is 11.3. The van der Waals surface area contributed by atoms with Crippen LogP contribution in [0.2, 0.25) is 0 Å². The predicted octanol–water partition coefficient (Wildman–Crippen LogP) is 4.97. The molecule has 0 spiro atoms. The molecule has 3 rings (SSSR count). The third-order valence-electron chi connectivity index (χ3n) is 3.46. The molecule has 0 fully saturated rings. The van der Waals surface area contributed by atoms with Gasteiger partial charge in [-0.1, -0.05) is 60.7 Å². The van der Waals surface area contributed by atoms with Gasteiger partial charge in [-0.15, -0.1) is 0 Å². The van der Waals surface area contributed by atoms with E-state index in [1.807, 2.05) is 48.5 Å². The van der Waals surface area contributed by atoms with E-state index in [-0.39, 0.29) is 5.82 Å². The van der Waals surface area contributed by atoms with Crippen molar-refractivity contribution in [2.75, 3.05) is 0 Å². The van der Waals surface area contributed by atoms with Gasteiger partial charge in [0, 0.05) is 5.56 Å². The van der Waals surface area contributed by atoms with Crippen LogP contribution in [-0.4, -0.2) is 6.29 Å². The number of halogens is 1. The summed E-state index contributed by atoms with van der Waals surface area (Å²) in [5.41, 5.74) is 4.13. The van der Waals surface area contributed by atoms with Crippen molar-refractivity contribution in [2.45, 2.75) is 0 Å². The number of benzene rings is 3. The first-order chi connectivity index (χ1) is 10.3. The van der Waals surface area contributed by atoms with Gasteiger partial charge in [0.1, 0.15) is 5.82 Å². The molecule has 0 bridgehead atoms. The van der Waals surface area contributed by atoms with Crippen molar-refractivity contribution in [3.63, 3.8) is 0 Å². The summed E-state index contributed by atoms with van der Waals surface area (Å²) in [5.74, 6) is -0.286. The minimum Gasteiger partial charge on any atom is -0.298 e. The van der Waals surface area contributed by atoms with Crippen LogP contribution in [0.15, 0.2) is 72.8 Å². The second kappa shape index (κ2) is 5.71. The Labute approximate surface area is 122 Å². The Kier molecular flexibility index (Phi) is 3.61. The maximum atomic E-state index is 13.1. The molecule has 0 aliphatic rings. The lowest BCUT2D eigenvalue weighted by Crippen LogP contribution is -1.92. The van der Waals surface area contributed by atoms with E-state index in [0.717, 1.165) is 28.5 Å². The van der Waals surface area contributed by atoms with Crippen molar-refractivity contribution in [2.24, 2.45) is 0 Å². The summed E-state index contributed by atoms with van der Waals surface area (Å²) in [7, 11) is 0. The summed E-state index contributed by atoms with van der Waals surface area (Å²) in [5, 5.41) is 0. The molecule has 0 heterocycles. The van der Waals surface area contributed by atoms with Gasteiger partial charge in [0.15, 0.2) is 6.29 Å². The molecule has 0 saturated heterocycles. The fourth-order valence-electron chi connectivity index (χ4n) is 2.44. The van der Waals surface area contributed by atoms with Gasteiger partial charge in [-0.2, -0.15) is 0 Å². The van der Waals surface area contributed by atoms with E-state index < -0.39 is 0 Å². The maximum Gasteiger partial charge on any atom is 0.151 e. The highest BCUT2D eigenvalue weighted by atomic mass is 19.1. The smallest absolute Gasteiger partial charge is 0.151 e. The van der Waals surface area contributed by atoms with Gasteiger partial charge in [0.05, 0.1) is 0 Å². The molecule has 0 N–H and O–H groups in total. The first-order valence-corrected chi connectivity index (χ1v) is 6.69. The molecule has 0 aromatic heterocycles. The second-order valence-corrected chi connectivity index (χ2v) is 4.76. The Morgan fingerprint density at radius 2 is 1.24 bits per heavy atom. The van der Waals surface area contributed by atoms with E-state index in [1.54, 1.807) is 12.1 Å². The van der Waals surface area contributed by atoms with Gasteiger partial charge in [-0.25, -0.2) is 4.39 Å². The number of hydrogen-bond donors (Lipinski definition) is 0. The van der Waals surface area contributed by atoms with Gasteiger partial charge in [0.25, 0.3) is 0 Å². The van der Waals surface area contributed by atoms with E-state index in [9.17, 15) is 9.18 Å². The highest BCUT2D eigenvalue weighted by Crippen LogP contribution is 2.31. The second-order valence-electron chi connectivity index (χ2n) is 4.76. The van der Waals surface area contributed by atoms with Gasteiger partial charge in [0.2, 0.25) is 0 Å². The van der Waals surface area contributed by atoms with Crippen LogP contribution < -0.4 is 0 Å². The molecule has 1 nitrogen and oxygen atoms in total. The number of hydrogen-bond acceptors (Lipinski definition) is 1. The molecular formula is C19H13FO.